The molecule has 1 fully saturated rings. The summed E-state index contributed by atoms with van der Waals surface area (Å²) in [6.45, 7) is 0.709. The molecule has 0 aromatic carbocycles. The number of unbranched alkanes of at least 4 members (excludes halogenated alkanes) is 1. The van der Waals surface area contributed by atoms with Crippen LogP contribution in [0.3, 0.4) is 0 Å². The zero-order chi connectivity index (χ0) is 13.4. The molecule has 0 aromatic heterocycles. The van der Waals surface area contributed by atoms with E-state index < -0.39 is 6.04 Å². The highest BCUT2D eigenvalue weighted by molar-refractivity contribution is 7.98. The number of thioether (sulfide) groups is 1. The Labute approximate surface area is 117 Å². The fourth-order valence-electron chi connectivity index (χ4n) is 1.86. The lowest BCUT2D eigenvalue weighted by Crippen LogP contribution is -2.61. The second-order valence-corrected chi connectivity index (χ2v) is 5.54. The maximum Gasteiger partial charge on any atom is 0.243 e. The second-order valence-electron chi connectivity index (χ2n) is 4.28. The van der Waals surface area contributed by atoms with Crippen molar-refractivity contribution in [2.75, 3.05) is 18.6 Å². The molecule has 0 aliphatic carbocycles. The van der Waals surface area contributed by atoms with Crippen molar-refractivity contribution >= 4 is 35.4 Å². The summed E-state index contributed by atoms with van der Waals surface area (Å²) < 4.78 is 0. The van der Waals surface area contributed by atoms with Crippen molar-refractivity contribution in [1.82, 2.24) is 15.5 Å². The topological polar surface area (TPSA) is 70.2 Å². The molecule has 1 aliphatic rings. The van der Waals surface area contributed by atoms with Crippen LogP contribution >= 0.6 is 23.5 Å². The van der Waals surface area contributed by atoms with Crippen molar-refractivity contribution in [3.63, 3.8) is 0 Å². The smallest absolute Gasteiger partial charge is 0.243 e. The van der Waals surface area contributed by atoms with Gasteiger partial charge in [-0.15, -0.1) is 0 Å². The maximum atomic E-state index is 11.8. The summed E-state index contributed by atoms with van der Waals surface area (Å²) in [5.41, 5.74) is 0. The molecular weight excluding hydrogens is 274 g/mol. The van der Waals surface area contributed by atoms with E-state index in [4.69, 9.17) is 11.8 Å². The molecule has 0 saturated carbocycles. The molecule has 18 heavy (non-hydrogen) atoms. The SMILES string of the molecule is CSCCC1NC(=O)C(CCCCNCl)NC1=O. The van der Waals surface area contributed by atoms with Crippen molar-refractivity contribution in [2.24, 2.45) is 0 Å². The van der Waals surface area contributed by atoms with Gasteiger partial charge >= 0.3 is 0 Å². The molecule has 2 atom stereocenters. The fourth-order valence-corrected chi connectivity index (χ4v) is 2.46. The lowest BCUT2D eigenvalue weighted by Gasteiger charge is -2.29. The van der Waals surface area contributed by atoms with E-state index in [2.05, 4.69) is 15.5 Å². The van der Waals surface area contributed by atoms with Crippen LogP contribution in [-0.4, -0.2) is 42.5 Å². The van der Waals surface area contributed by atoms with Crippen molar-refractivity contribution < 1.29 is 9.59 Å². The Kier molecular flexibility index (Phi) is 7.46. The largest absolute Gasteiger partial charge is 0.343 e. The van der Waals surface area contributed by atoms with Gasteiger partial charge in [-0.25, -0.2) is 4.84 Å². The minimum absolute atomic E-state index is 0.0656. The third-order valence-electron chi connectivity index (χ3n) is 2.89. The van der Waals surface area contributed by atoms with Gasteiger partial charge in [0, 0.05) is 6.54 Å². The van der Waals surface area contributed by atoms with Gasteiger partial charge in [0.25, 0.3) is 0 Å². The summed E-state index contributed by atoms with van der Waals surface area (Å²) in [4.78, 5) is 26.1. The highest BCUT2D eigenvalue weighted by atomic mass is 35.5. The number of amides is 2. The third-order valence-corrected chi connectivity index (χ3v) is 3.72. The monoisotopic (exact) mass is 293 g/mol. The summed E-state index contributed by atoms with van der Waals surface area (Å²) in [5.74, 6) is 0.730. The van der Waals surface area contributed by atoms with E-state index in [-0.39, 0.29) is 17.9 Å². The number of carbonyl (C=O) groups excluding carboxylic acids is 2. The minimum Gasteiger partial charge on any atom is -0.343 e. The number of hydrogen-bond acceptors (Lipinski definition) is 4. The Morgan fingerprint density at radius 3 is 2.33 bits per heavy atom. The van der Waals surface area contributed by atoms with Crippen LogP contribution in [0.5, 0.6) is 0 Å². The molecule has 1 aliphatic heterocycles. The van der Waals surface area contributed by atoms with E-state index in [1.807, 2.05) is 6.26 Å². The molecule has 2 unspecified atom stereocenters. The molecule has 2 amide bonds. The van der Waals surface area contributed by atoms with E-state index in [1.54, 1.807) is 11.8 Å². The predicted octanol–water partition coefficient (Wildman–Crippen LogP) is 0.636. The lowest BCUT2D eigenvalue weighted by molar-refractivity contribution is -0.137. The summed E-state index contributed by atoms with van der Waals surface area (Å²) in [7, 11) is 0. The van der Waals surface area contributed by atoms with Crippen LogP contribution in [0, 0.1) is 0 Å². The van der Waals surface area contributed by atoms with Crippen LogP contribution in [0.25, 0.3) is 0 Å². The average molecular weight is 294 g/mol. The zero-order valence-corrected chi connectivity index (χ0v) is 12.1. The van der Waals surface area contributed by atoms with Gasteiger partial charge in [0.1, 0.15) is 12.1 Å². The Balaban J connectivity index is 2.32. The Morgan fingerprint density at radius 2 is 1.78 bits per heavy atom. The first-order valence-electron chi connectivity index (χ1n) is 6.12. The number of rotatable bonds is 8. The van der Waals surface area contributed by atoms with E-state index >= 15 is 0 Å². The van der Waals surface area contributed by atoms with Gasteiger partial charge in [0.2, 0.25) is 11.8 Å². The average Bonchev–Trinajstić information content (AvgIpc) is 2.36. The third kappa shape index (κ3) is 5.04. The molecule has 0 aromatic rings. The Bertz CT molecular complexity index is 291. The van der Waals surface area contributed by atoms with Crippen LogP contribution < -0.4 is 15.5 Å². The first-order chi connectivity index (χ1) is 8.69. The normalized spacial score (nSPS) is 23.7. The van der Waals surface area contributed by atoms with Crippen molar-refractivity contribution in [1.29, 1.82) is 0 Å². The number of nitrogens with one attached hydrogen (secondary N) is 3. The van der Waals surface area contributed by atoms with Gasteiger partial charge in [-0.1, -0.05) is 0 Å². The number of carbonyl (C=O) groups is 2. The van der Waals surface area contributed by atoms with Gasteiger partial charge in [-0.2, -0.15) is 11.8 Å². The van der Waals surface area contributed by atoms with Crippen LogP contribution in [-0.2, 0) is 9.59 Å². The quantitative estimate of drug-likeness (QED) is 0.454. The molecule has 1 rings (SSSR count). The van der Waals surface area contributed by atoms with E-state index in [0.29, 0.717) is 19.4 Å². The molecule has 1 heterocycles. The van der Waals surface area contributed by atoms with E-state index in [0.717, 1.165) is 18.6 Å². The lowest BCUT2D eigenvalue weighted by atomic mass is 10.0. The van der Waals surface area contributed by atoms with Gasteiger partial charge in [0.15, 0.2) is 0 Å². The molecule has 0 radical (unpaired) electrons. The fraction of sp³-hybridized carbons (Fsp3) is 0.818. The van der Waals surface area contributed by atoms with Gasteiger partial charge < -0.3 is 10.6 Å². The zero-order valence-electron chi connectivity index (χ0n) is 10.5. The molecule has 5 nitrogen and oxygen atoms in total. The number of piperazine rings is 1. The number of halogens is 1. The minimum atomic E-state index is -0.390. The summed E-state index contributed by atoms with van der Waals surface area (Å²) >= 11 is 7.01. The Morgan fingerprint density at radius 1 is 1.17 bits per heavy atom. The van der Waals surface area contributed by atoms with E-state index in [1.165, 1.54) is 0 Å². The van der Waals surface area contributed by atoms with Crippen LogP contribution in [0.15, 0.2) is 0 Å². The summed E-state index contributed by atoms with van der Waals surface area (Å²) in [5, 5.41) is 5.57. The Hall–Kier alpha value is -0.460. The van der Waals surface area contributed by atoms with Crippen molar-refractivity contribution in [3.8, 4) is 0 Å². The number of hydrogen-bond donors (Lipinski definition) is 3. The van der Waals surface area contributed by atoms with Gasteiger partial charge in [-0.05, 0) is 49.5 Å². The first kappa shape index (κ1) is 15.6. The van der Waals surface area contributed by atoms with Crippen molar-refractivity contribution in [3.05, 3.63) is 0 Å². The van der Waals surface area contributed by atoms with Crippen molar-refractivity contribution in [2.45, 2.75) is 37.8 Å². The summed E-state index contributed by atoms with van der Waals surface area (Å²) in [6.07, 6.45) is 5.07. The van der Waals surface area contributed by atoms with Crippen LogP contribution in [0.2, 0.25) is 0 Å². The molecule has 104 valence electrons. The molecule has 7 heteroatoms. The van der Waals surface area contributed by atoms with Crippen LogP contribution in [0.4, 0.5) is 0 Å². The maximum absolute atomic E-state index is 11.8. The molecule has 3 N–H and O–H groups in total. The first-order valence-corrected chi connectivity index (χ1v) is 7.89. The molecule has 0 spiro atoms. The highest BCUT2D eigenvalue weighted by Gasteiger charge is 2.32. The van der Waals surface area contributed by atoms with Crippen LogP contribution in [0.1, 0.15) is 25.7 Å². The predicted molar refractivity (Wildman–Crippen MR) is 74.6 cm³/mol. The summed E-state index contributed by atoms with van der Waals surface area (Å²) in [6, 6.07) is -0.760. The van der Waals surface area contributed by atoms with Gasteiger partial charge in [-0.3, -0.25) is 9.59 Å². The highest BCUT2D eigenvalue weighted by Crippen LogP contribution is 2.09. The van der Waals surface area contributed by atoms with E-state index in [9.17, 15) is 9.59 Å². The molecule has 1 saturated heterocycles. The molecular formula is C11H20ClN3O2S. The molecule has 0 bridgehead atoms. The second kappa shape index (κ2) is 8.61. The van der Waals surface area contributed by atoms with Gasteiger partial charge in [0.05, 0.1) is 0 Å². The standard InChI is InChI=1S/C11H20ClN3O2S/c1-18-7-5-9-11(17)14-8(10(16)15-9)4-2-3-6-13-12/h8-9,13H,2-7H2,1H3,(H,14,17)(H,15,16).